The van der Waals surface area contributed by atoms with Crippen molar-refractivity contribution in [1.82, 2.24) is 20.2 Å². The summed E-state index contributed by atoms with van der Waals surface area (Å²) < 4.78 is 27.3. The van der Waals surface area contributed by atoms with Crippen LogP contribution in [0.5, 0.6) is 0 Å². The number of aromatic nitrogens is 2. The van der Waals surface area contributed by atoms with Crippen molar-refractivity contribution < 1.29 is 23.2 Å². The van der Waals surface area contributed by atoms with Crippen LogP contribution in [-0.2, 0) is 9.59 Å². The largest absolute Gasteiger partial charge is 0.338 e. The predicted octanol–water partition coefficient (Wildman–Crippen LogP) is 2.00. The van der Waals surface area contributed by atoms with Crippen molar-refractivity contribution in [2.24, 2.45) is 0 Å². The minimum Gasteiger partial charge on any atom is -0.338 e. The van der Waals surface area contributed by atoms with Crippen molar-refractivity contribution in [2.75, 3.05) is 18.4 Å². The van der Waals surface area contributed by atoms with Gasteiger partial charge in [-0.2, -0.15) is 0 Å². The van der Waals surface area contributed by atoms with E-state index in [2.05, 4.69) is 20.6 Å². The van der Waals surface area contributed by atoms with Gasteiger partial charge in [-0.25, -0.2) is 18.6 Å². The standard InChI is InChI=1S/C18H13F2N5O3/c19-9-1-3-12(20)11(5-9)17-23-13-4-2-10(6-14(13)24-17)22-15(26)8-25-16(27)7-21-18(25)28/h1-6H,7-8H2,(H,21,28)(H,22,26)(H,23,24). The highest BCUT2D eigenvalue weighted by Crippen LogP contribution is 2.25. The average molecular weight is 385 g/mol. The van der Waals surface area contributed by atoms with Crippen LogP contribution in [0.25, 0.3) is 22.4 Å². The third kappa shape index (κ3) is 3.27. The van der Waals surface area contributed by atoms with Gasteiger partial charge in [0.1, 0.15) is 24.0 Å². The van der Waals surface area contributed by atoms with Crippen LogP contribution in [0.3, 0.4) is 0 Å². The molecule has 0 unspecified atom stereocenters. The summed E-state index contributed by atoms with van der Waals surface area (Å²) in [5.74, 6) is -2.10. The molecule has 0 radical (unpaired) electrons. The molecule has 1 aliphatic rings. The number of hydrogen-bond acceptors (Lipinski definition) is 4. The van der Waals surface area contributed by atoms with E-state index >= 15 is 0 Å². The fourth-order valence-corrected chi connectivity index (χ4v) is 2.85. The number of nitrogens with zero attached hydrogens (tertiary/aromatic N) is 2. The quantitative estimate of drug-likeness (QED) is 0.597. The van der Waals surface area contributed by atoms with Gasteiger partial charge in [0.2, 0.25) is 5.91 Å². The molecule has 0 atom stereocenters. The number of nitrogens with one attached hydrogen (secondary N) is 3. The van der Waals surface area contributed by atoms with Crippen molar-refractivity contribution in [3.8, 4) is 11.4 Å². The molecular weight excluding hydrogens is 372 g/mol. The number of halogens is 2. The van der Waals surface area contributed by atoms with E-state index in [1.54, 1.807) is 18.2 Å². The van der Waals surface area contributed by atoms with Crippen LogP contribution >= 0.6 is 0 Å². The van der Waals surface area contributed by atoms with Crippen molar-refractivity contribution in [1.29, 1.82) is 0 Å². The number of imide groups is 1. The fourth-order valence-electron chi connectivity index (χ4n) is 2.85. The fraction of sp³-hybridized carbons (Fsp3) is 0.111. The van der Waals surface area contributed by atoms with E-state index in [4.69, 9.17) is 0 Å². The second kappa shape index (κ2) is 6.72. The average Bonchev–Trinajstić information content (AvgIpc) is 3.21. The molecular formula is C18H13F2N5O3. The molecule has 3 aromatic rings. The smallest absolute Gasteiger partial charge is 0.325 e. The van der Waals surface area contributed by atoms with Gasteiger partial charge < -0.3 is 15.6 Å². The molecule has 1 saturated heterocycles. The Morgan fingerprint density at radius 1 is 1.18 bits per heavy atom. The van der Waals surface area contributed by atoms with Crippen molar-refractivity contribution in [2.45, 2.75) is 0 Å². The molecule has 4 amide bonds. The van der Waals surface area contributed by atoms with Crippen molar-refractivity contribution in [3.63, 3.8) is 0 Å². The number of hydrogen-bond donors (Lipinski definition) is 3. The summed E-state index contributed by atoms with van der Waals surface area (Å²) in [5, 5.41) is 4.90. The molecule has 28 heavy (non-hydrogen) atoms. The molecule has 1 fully saturated rings. The molecule has 0 aliphatic carbocycles. The molecule has 4 rings (SSSR count). The molecule has 0 spiro atoms. The number of benzene rings is 2. The molecule has 142 valence electrons. The number of carbonyl (C=O) groups is 3. The van der Waals surface area contributed by atoms with Gasteiger partial charge in [0.25, 0.3) is 5.91 Å². The minimum absolute atomic E-state index is 0.0136. The first-order chi connectivity index (χ1) is 13.4. The molecule has 8 nitrogen and oxygen atoms in total. The number of fused-ring (bicyclic) bond motifs is 1. The number of rotatable bonds is 4. The van der Waals surface area contributed by atoms with Gasteiger partial charge in [-0.1, -0.05) is 0 Å². The van der Waals surface area contributed by atoms with Crippen LogP contribution in [-0.4, -0.2) is 45.8 Å². The number of amides is 4. The lowest BCUT2D eigenvalue weighted by Gasteiger charge is -2.12. The molecule has 2 heterocycles. The van der Waals surface area contributed by atoms with Gasteiger partial charge in [0.05, 0.1) is 23.1 Å². The van der Waals surface area contributed by atoms with E-state index in [0.717, 1.165) is 23.1 Å². The van der Waals surface area contributed by atoms with Crippen molar-refractivity contribution in [3.05, 3.63) is 48.0 Å². The zero-order valence-electron chi connectivity index (χ0n) is 14.3. The first-order valence-electron chi connectivity index (χ1n) is 8.24. The lowest BCUT2D eigenvalue weighted by molar-refractivity contribution is -0.128. The van der Waals surface area contributed by atoms with Gasteiger partial charge in [0, 0.05) is 5.69 Å². The predicted molar refractivity (Wildman–Crippen MR) is 95.2 cm³/mol. The van der Waals surface area contributed by atoms with Gasteiger partial charge in [-0.05, 0) is 36.4 Å². The zero-order valence-corrected chi connectivity index (χ0v) is 14.3. The summed E-state index contributed by atoms with van der Waals surface area (Å²) in [5.41, 5.74) is 1.36. The maximum Gasteiger partial charge on any atom is 0.325 e. The van der Waals surface area contributed by atoms with Gasteiger partial charge in [0.15, 0.2) is 0 Å². The first kappa shape index (κ1) is 17.6. The normalized spacial score (nSPS) is 13.9. The number of imidazole rings is 1. The Hall–Kier alpha value is -3.82. The summed E-state index contributed by atoms with van der Waals surface area (Å²) in [6.07, 6.45) is 0. The second-order valence-electron chi connectivity index (χ2n) is 6.13. The minimum atomic E-state index is -0.623. The summed E-state index contributed by atoms with van der Waals surface area (Å²) >= 11 is 0. The van der Waals surface area contributed by atoms with Gasteiger partial charge in [-0.15, -0.1) is 0 Å². The third-order valence-corrected chi connectivity index (χ3v) is 4.19. The van der Waals surface area contributed by atoms with Crippen LogP contribution in [0.1, 0.15) is 0 Å². The zero-order chi connectivity index (χ0) is 19.8. The highest BCUT2D eigenvalue weighted by molar-refractivity contribution is 6.06. The van der Waals surface area contributed by atoms with Crippen LogP contribution in [0, 0.1) is 11.6 Å². The molecule has 1 aliphatic heterocycles. The number of anilines is 1. The second-order valence-corrected chi connectivity index (χ2v) is 6.13. The monoisotopic (exact) mass is 385 g/mol. The van der Waals surface area contributed by atoms with Crippen LogP contribution < -0.4 is 10.6 Å². The summed E-state index contributed by atoms with van der Waals surface area (Å²) in [7, 11) is 0. The summed E-state index contributed by atoms with van der Waals surface area (Å²) in [6.45, 7) is -0.545. The number of urea groups is 1. The molecule has 10 heteroatoms. The highest BCUT2D eigenvalue weighted by atomic mass is 19.1. The lowest BCUT2D eigenvalue weighted by Crippen LogP contribution is -2.38. The van der Waals surface area contributed by atoms with Gasteiger partial charge >= 0.3 is 6.03 Å². The van der Waals surface area contributed by atoms with Crippen LogP contribution in [0.15, 0.2) is 36.4 Å². The summed E-state index contributed by atoms with van der Waals surface area (Å²) in [6, 6.07) is 7.17. The number of carbonyl (C=O) groups excluding carboxylic acids is 3. The van der Waals surface area contributed by atoms with E-state index < -0.39 is 36.0 Å². The van der Waals surface area contributed by atoms with Crippen LogP contribution in [0.4, 0.5) is 19.3 Å². The van der Waals surface area contributed by atoms with E-state index in [-0.39, 0.29) is 17.9 Å². The molecule has 3 N–H and O–H groups in total. The molecule has 2 aromatic carbocycles. The molecule has 0 saturated carbocycles. The SMILES string of the molecule is O=C(CN1C(=O)CNC1=O)Nc1ccc2nc(-c3cc(F)ccc3F)[nH]c2c1. The number of H-pyrrole nitrogens is 1. The molecule has 0 bridgehead atoms. The Labute approximate surface area is 156 Å². The summed E-state index contributed by atoms with van der Waals surface area (Å²) in [4.78, 5) is 43.0. The lowest BCUT2D eigenvalue weighted by atomic mass is 10.2. The number of aromatic amines is 1. The molecule has 1 aromatic heterocycles. The first-order valence-corrected chi connectivity index (χ1v) is 8.24. The van der Waals surface area contributed by atoms with E-state index in [9.17, 15) is 23.2 Å². The van der Waals surface area contributed by atoms with Crippen LogP contribution in [0.2, 0.25) is 0 Å². The Balaban J connectivity index is 1.55. The Morgan fingerprint density at radius 3 is 2.75 bits per heavy atom. The maximum atomic E-state index is 13.9. The van der Waals surface area contributed by atoms with E-state index in [1.165, 1.54) is 0 Å². The van der Waals surface area contributed by atoms with Crippen molar-refractivity contribution >= 4 is 34.6 Å². The Morgan fingerprint density at radius 2 is 2.00 bits per heavy atom. The highest BCUT2D eigenvalue weighted by Gasteiger charge is 2.30. The third-order valence-electron chi connectivity index (χ3n) is 4.19. The van der Waals surface area contributed by atoms with E-state index in [0.29, 0.717) is 16.7 Å². The maximum absolute atomic E-state index is 13.9. The topological polar surface area (TPSA) is 107 Å². The Bertz CT molecular complexity index is 1110. The Kier molecular flexibility index (Phi) is 4.22. The van der Waals surface area contributed by atoms with E-state index in [1.807, 2.05) is 0 Å². The van der Waals surface area contributed by atoms with Gasteiger partial charge in [-0.3, -0.25) is 14.5 Å².